The van der Waals surface area contributed by atoms with Crippen molar-refractivity contribution in [3.05, 3.63) is 19.6 Å². The van der Waals surface area contributed by atoms with Gasteiger partial charge in [-0.15, -0.1) is 0 Å². The molecule has 0 aliphatic rings. The number of rotatable bonds is 7. The van der Waals surface area contributed by atoms with E-state index in [1.165, 1.54) is 18.9 Å². The molecule has 0 aliphatic carbocycles. The van der Waals surface area contributed by atoms with Crippen LogP contribution < -0.4 is 0 Å². The molecule has 0 spiro atoms. The fourth-order valence-electron chi connectivity index (χ4n) is 1.10. The summed E-state index contributed by atoms with van der Waals surface area (Å²) < 4.78 is 5.08. The molecule has 0 saturated heterocycles. The van der Waals surface area contributed by atoms with E-state index in [1.54, 1.807) is 0 Å². The van der Waals surface area contributed by atoms with Crippen LogP contribution in [0.5, 0.6) is 0 Å². The van der Waals surface area contributed by atoms with Crippen molar-refractivity contribution >= 4 is 5.97 Å². The van der Waals surface area contributed by atoms with Gasteiger partial charge in [-0.2, -0.15) is 0 Å². The summed E-state index contributed by atoms with van der Waals surface area (Å²) in [5.74, 6) is -0.342. The predicted molar refractivity (Wildman–Crippen MR) is 54.2 cm³/mol. The van der Waals surface area contributed by atoms with Crippen LogP contribution in [0.3, 0.4) is 0 Å². The van der Waals surface area contributed by atoms with E-state index in [-0.39, 0.29) is 12.1 Å². The molecule has 0 aliphatic heterocycles. The Labute approximate surface area is 81.0 Å². The normalized spacial score (nSPS) is 12.2. The topological polar surface area (TPSA) is 26.3 Å². The summed E-state index contributed by atoms with van der Waals surface area (Å²) >= 11 is 0. The molecule has 1 atom stereocenters. The van der Waals surface area contributed by atoms with Gasteiger partial charge in [0.15, 0.2) is 0 Å². The molecule has 0 heterocycles. The van der Waals surface area contributed by atoms with Gasteiger partial charge in [0.1, 0.15) is 6.10 Å². The molecule has 0 aromatic heterocycles. The second-order valence-corrected chi connectivity index (χ2v) is 3.05. The molecule has 13 heavy (non-hydrogen) atoms. The first-order valence-corrected chi connectivity index (χ1v) is 4.86. The maximum absolute atomic E-state index is 10.8. The Morgan fingerprint density at radius 3 is 2.69 bits per heavy atom. The van der Waals surface area contributed by atoms with E-state index in [2.05, 4.69) is 20.4 Å². The number of esters is 1. The van der Waals surface area contributed by atoms with Gasteiger partial charge < -0.3 is 4.74 Å². The van der Waals surface area contributed by atoms with Gasteiger partial charge in [-0.1, -0.05) is 26.3 Å². The Bertz CT molecular complexity index is 152. The zero-order valence-corrected chi connectivity index (χ0v) is 8.42. The van der Waals surface area contributed by atoms with E-state index in [1.807, 2.05) is 0 Å². The van der Waals surface area contributed by atoms with E-state index in [4.69, 9.17) is 4.74 Å². The molecular weight excluding hydrogens is 164 g/mol. The van der Waals surface area contributed by atoms with E-state index in [0.717, 1.165) is 12.8 Å². The minimum absolute atomic E-state index is 0.0305. The predicted octanol–water partition coefficient (Wildman–Crippen LogP) is 2.89. The van der Waals surface area contributed by atoms with Crippen molar-refractivity contribution in [2.75, 3.05) is 0 Å². The molecule has 75 valence electrons. The highest BCUT2D eigenvalue weighted by atomic mass is 16.5. The smallest absolute Gasteiger partial charge is 0.330 e. The van der Waals surface area contributed by atoms with Crippen molar-refractivity contribution in [2.45, 2.75) is 45.1 Å². The van der Waals surface area contributed by atoms with Crippen LogP contribution in [0.2, 0.25) is 0 Å². The highest BCUT2D eigenvalue weighted by Crippen LogP contribution is 2.09. The minimum atomic E-state index is -0.342. The van der Waals surface area contributed by atoms with Crippen LogP contribution in [0.1, 0.15) is 39.0 Å². The number of hydrogen-bond acceptors (Lipinski definition) is 2. The number of carbonyl (C=O) groups is 1. The van der Waals surface area contributed by atoms with Crippen molar-refractivity contribution in [1.29, 1.82) is 0 Å². The van der Waals surface area contributed by atoms with Gasteiger partial charge in [0.2, 0.25) is 0 Å². The first kappa shape index (κ1) is 12.2. The van der Waals surface area contributed by atoms with Crippen molar-refractivity contribution < 1.29 is 9.53 Å². The van der Waals surface area contributed by atoms with Crippen molar-refractivity contribution in [1.82, 2.24) is 0 Å². The maximum Gasteiger partial charge on any atom is 0.330 e. The summed E-state index contributed by atoms with van der Waals surface area (Å²) in [5.41, 5.74) is 0. The van der Waals surface area contributed by atoms with E-state index in [0.29, 0.717) is 6.42 Å². The second kappa shape index (κ2) is 7.84. The van der Waals surface area contributed by atoms with E-state index >= 15 is 0 Å². The lowest BCUT2D eigenvalue weighted by Gasteiger charge is -2.14. The van der Waals surface area contributed by atoms with Crippen LogP contribution in [-0.4, -0.2) is 12.1 Å². The summed E-state index contributed by atoms with van der Waals surface area (Å²) in [4.78, 5) is 10.8. The van der Waals surface area contributed by atoms with Crippen LogP contribution >= 0.6 is 0 Å². The van der Waals surface area contributed by atoms with Gasteiger partial charge in [-0.3, -0.25) is 0 Å². The Morgan fingerprint density at radius 2 is 2.23 bits per heavy atom. The fraction of sp³-hybridized carbons (Fsp3) is 0.636. The first-order chi connectivity index (χ1) is 6.24. The SMILES string of the molecule is [CH2]CC(CCCCC)OC(=O)C=C. The van der Waals surface area contributed by atoms with Gasteiger partial charge in [-0.25, -0.2) is 4.79 Å². The highest BCUT2D eigenvalue weighted by Gasteiger charge is 2.09. The standard InChI is InChI=1S/C11H19O2/c1-4-7-8-9-10(5-2)13-11(12)6-3/h6,10H,2-5,7-9H2,1H3. The van der Waals surface area contributed by atoms with Crippen LogP contribution in [0.4, 0.5) is 0 Å². The van der Waals surface area contributed by atoms with E-state index < -0.39 is 0 Å². The number of carbonyl (C=O) groups excluding carboxylic acids is 1. The Morgan fingerprint density at radius 1 is 1.54 bits per heavy atom. The van der Waals surface area contributed by atoms with Crippen LogP contribution in [0, 0.1) is 6.92 Å². The zero-order valence-electron chi connectivity index (χ0n) is 8.42. The molecule has 0 saturated carbocycles. The number of unbranched alkanes of at least 4 members (excludes halogenated alkanes) is 2. The molecule has 0 fully saturated rings. The van der Waals surface area contributed by atoms with Crippen LogP contribution in [-0.2, 0) is 9.53 Å². The number of ether oxygens (including phenoxy) is 1. The van der Waals surface area contributed by atoms with Crippen LogP contribution in [0.25, 0.3) is 0 Å². The Hall–Kier alpha value is -0.790. The third-order valence-electron chi connectivity index (χ3n) is 1.90. The minimum Gasteiger partial charge on any atom is -0.459 e. The summed E-state index contributed by atoms with van der Waals surface area (Å²) in [7, 11) is 0. The Balaban J connectivity index is 3.62. The average molecular weight is 183 g/mol. The lowest BCUT2D eigenvalue weighted by molar-refractivity contribution is -0.143. The summed E-state index contributed by atoms with van der Waals surface area (Å²) in [5, 5.41) is 0. The highest BCUT2D eigenvalue weighted by molar-refractivity contribution is 5.81. The van der Waals surface area contributed by atoms with Crippen molar-refractivity contribution in [3.8, 4) is 0 Å². The summed E-state index contributed by atoms with van der Waals surface area (Å²) in [6.07, 6.45) is 6.18. The monoisotopic (exact) mass is 183 g/mol. The molecular formula is C11H19O2. The quantitative estimate of drug-likeness (QED) is 0.344. The molecule has 0 rings (SSSR count). The van der Waals surface area contributed by atoms with Crippen molar-refractivity contribution in [2.24, 2.45) is 0 Å². The zero-order chi connectivity index (χ0) is 10.1. The lowest BCUT2D eigenvalue weighted by atomic mass is 10.1. The third-order valence-corrected chi connectivity index (χ3v) is 1.90. The molecule has 0 N–H and O–H groups in total. The maximum atomic E-state index is 10.8. The lowest BCUT2D eigenvalue weighted by Crippen LogP contribution is -2.15. The molecule has 0 aromatic rings. The average Bonchev–Trinajstić information content (AvgIpc) is 2.16. The van der Waals surface area contributed by atoms with Gasteiger partial charge in [0.05, 0.1) is 0 Å². The van der Waals surface area contributed by atoms with Gasteiger partial charge in [0.25, 0.3) is 0 Å². The van der Waals surface area contributed by atoms with Gasteiger partial charge >= 0.3 is 5.97 Å². The first-order valence-electron chi connectivity index (χ1n) is 4.86. The van der Waals surface area contributed by atoms with Crippen LogP contribution in [0.15, 0.2) is 12.7 Å². The molecule has 2 heteroatoms. The molecule has 1 unspecified atom stereocenters. The molecule has 0 aromatic carbocycles. The fourth-order valence-corrected chi connectivity index (χ4v) is 1.10. The Kier molecular flexibility index (Phi) is 7.36. The third kappa shape index (κ3) is 6.38. The van der Waals surface area contributed by atoms with Gasteiger partial charge in [0, 0.05) is 6.08 Å². The summed E-state index contributed by atoms with van der Waals surface area (Å²) in [6.45, 7) is 9.24. The molecule has 0 bridgehead atoms. The summed E-state index contributed by atoms with van der Waals surface area (Å²) in [6, 6.07) is 0. The molecule has 0 amide bonds. The molecule has 2 nitrogen and oxygen atoms in total. The second-order valence-electron chi connectivity index (χ2n) is 3.05. The van der Waals surface area contributed by atoms with Gasteiger partial charge in [-0.05, 0) is 26.2 Å². The number of hydrogen-bond donors (Lipinski definition) is 0. The molecule has 1 radical (unpaired) electrons. The van der Waals surface area contributed by atoms with E-state index in [9.17, 15) is 4.79 Å². The largest absolute Gasteiger partial charge is 0.459 e. The van der Waals surface area contributed by atoms with Crippen molar-refractivity contribution in [3.63, 3.8) is 0 Å².